The van der Waals surface area contributed by atoms with Crippen LogP contribution >= 0.6 is 43.2 Å². The monoisotopic (exact) mass is 351 g/mol. The summed E-state index contributed by atoms with van der Waals surface area (Å²) in [5.74, 6) is 0. The summed E-state index contributed by atoms with van der Waals surface area (Å²) in [6.45, 7) is 7.40. The lowest BCUT2D eigenvalue weighted by Crippen LogP contribution is -2.35. The maximum Gasteiger partial charge on any atom is 0.0846 e. The molecule has 0 spiro atoms. The third-order valence-electron chi connectivity index (χ3n) is 1.70. The van der Waals surface area contributed by atoms with E-state index < -0.39 is 0 Å². The maximum atomic E-state index is 3.48. The topological polar surface area (TPSA) is 12.0 Å². The summed E-state index contributed by atoms with van der Waals surface area (Å²) in [5.41, 5.74) is 0.182. The first-order chi connectivity index (χ1) is 6.88. The second kappa shape index (κ2) is 5.62. The molecular weight excluding hydrogens is 338 g/mol. The van der Waals surface area contributed by atoms with Crippen LogP contribution in [0.1, 0.15) is 25.6 Å². The molecule has 15 heavy (non-hydrogen) atoms. The third kappa shape index (κ3) is 5.29. The molecule has 0 aliphatic rings. The molecule has 0 saturated carbocycles. The summed E-state index contributed by atoms with van der Waals surface area (Å²) >= 11 is 8.68. The number of thiophene rings is 1. The standard InChI is InChI=1S/C11H15Br2NS/c1-11(2,3)14-6-4-5-8-7-9(12)10(13)15-8/h4-5,7,14H,6H2,1-3H3/b5-4+. The summed E-state index contributed by atoms with van der Waals surface area (Å²) in [5, 5.41) is 3.41. The van der Waals surface area contributed by atoms with Crippen molar-refractivity contribution in [2.75, 3.05) is 6.54 Å². The predicted molar refractivity (Wildman–Crippen MR) is 76.5 cm³/mol. The van der Waals surface area contributed by atoms with E-state index in [1.807, 2.05) is 0 Å². The van der Waals surface area contributed by atoms with Crippen molar-refractivity contribution in [3.63, 3.8) is 0 Å². The second-order valence-electron chi connectivity index (χ2n) is 4.30. The fourth-order valence-corrected chi connectivity index (χ4v) is 3.01. The van der Waals surface area contributed by atoms with Crippen molar-refractivity contribution in [2.45, 2.75) is 26.3 Å². The van der Waals surface area contributed by atoms with Crippen molar-refractivity contribution in [1.29, 1.82) is 0 Å². The Kier molecular flexibility index (Phi) is 5.03. The lowest BCUT2D eigenvalue weighted by molar-refractivity contribution is 0.450. The van der Waals surface area contributed by atoms with Gasteiger partial charge < -0.3 is 5.32 Å². The molecule has 0 unspecified atom stereocenters. The van der Waals surface area contributed by atoms with Crippen LogP contribution in [0.2, 0.25) is 0 Å². The van der Waals surface area contributed by atoms with Gasteiger partial charge in [-0.1, -0.05) is 6.08 Å². The fourth-order valence-electron chi connectivity index (χ4n) is 0.986. The first-order valence-corrected chi connectivity index (χ1v) is 7.15. The Balaban J connectivity index is 2.45. The number of rotatable bonds is 3. The molecule has 0 saturated heterocycles. The SMILES string of the molecule is CC(C)(C)NC/C=C/c1cc(Br)c(Br)s1. The molecule has 0 bridgehead atoms. The molecule has 0 aliphatic heterocycles. The fraction of sp³-hybridized carbons (Fsp3) is 0.455. The Morgan fingerprint density at radius 1 is 1.40 bits per heavy atom. The molecule has 1 rings (SSSR count). The van der Waals surface area contributed by atoms with Gasteiger partial charge in [0.15, 0.2) is 0 Å². The van der Waals surface area contributed by atoms with Gasteiger partial charge in [-0.15, -0.1) is 11.3 Å². The molecule has 84 valence electrons. The van der Waals surface area contributed by atoms with Crippen LogP contribution in [0.25, 0.3) is 6.08 Å². The summed E-state index contributed by atoms with van der Waals surface area (Å²) in [6.07, 6.45) is 4.29. The van der Waals surface area contributed by atoms with Crippen LogP contribution in [-0.4, -0.2) is 12.1 Å². The van der Waals surface area contributed by atoms with Gasteiger partial charge in [0, 0.05) is 21.4 Å². The summed E-state index contributed by atoms with van der Waals surface area (Å²) < 4.78 is 2.27. The van der Waals surface area contributed by atoms with Crippen LogP contribution in [0.3, 0.4) is 0 Å². The molecule has 4 heteroatoms. The minimum Gasteiger partial charge on any atom is -0.309 e. The van der Waals surface area contributed by atoms with Crippen molar-refractivity contribution >= 4 is 49.3 Å². The molecule has 0 radical (unpaired) electrons. The van der Waals surface area contributed by atoms with E-state index in [1.165, 1.54) is 4.88 Å². The molecule has 1 nitrogen and oxygen atoms in total. The van der Waals surface area contributed by atoms with Crippen molar-refractivity contribution < 1.29 is 0 Å². The van der Waals surface area contributed by atoms with Gasteiger partial charge in [0.05, 0.1) is 3.79 Å². The van der Waals surface area contributed by atoms with E-state index >= 15 is 0 Å². The number of nitrogens with one attached hydrogen (secondary N) is 1. The highest BCUT2D eigenvalue weighted by atomic mass is 79.9. The van der Waals surface area contributed by atoms with E-state index in [9.17, 15) is 0 Å². The van der Waals surface area contributed by atoms with Crippen LogP contribution in [-0.2, 0) is 0 Å². The second-order valence-corrected chi connectivity index (χ2v) is 7.56. The summed E-state index contributed by atoms with van der Waals surface area (Å²) in [7, 11) is 0. The van der Waals surface area contributed by atoms with Crippen LogP contribution in [0.15, 0.2) is 20.4 Å². The van der Waals surface area contributed by atoms with E-state index in [2.05, 4.69) is 76.2 Å². The Morgan fingerprint density at radius 2 is 2.07 bits per heavy atom. The lowest BCUT2D eigenvalue weighted by Gasteiger charge is -2.18. The van der Waals surface area contributed by atoms with E-state index in [0.717, 1.165) is 14.8 Å². The minimum absolute atomic E-state index is 0.182. The van der Waals surface area contributed by atoms with Gasteiger partial charge in [-0.05, 0) is 64.8 Å². The van der Waals surface area contributed by atoms with E-state index in [1.54, 1.807) is 11.3 Å². The average Bonchev–Trinajstić information content (AvgIpc) is 2.39. The zero-order valence-corrected chi connectivity index (χ0v) is 13.1. The molecule has 0 atom stereocenters. The summed E-state index contributed by atoms with van der Waals surface area (Å²) in [6, 6.07) is 2.11. The lowest BCUT2D eigenvalue weighted by atomic mass is 10.1. The zero-order valence-electron chi connectivity index (χ0n) is 9.10. The molecule has 0 aromatic carbocycles. The molecule has 1 aromatic heterocycles. The van der Waals surface area contributed by atoms with Crippen molar-refractivity contribution in [3.8, 4) is 0 Å². The van der Waals surface area contributed by atoms with Crippen LogP contribution in [0.5, 0.6) is 0 Å². The zero-order chi connectivity index (χ0) is 11.5. The molecule has 1 heterocycles. The highest BCUT2D eigenvalue weighted by Gasteiger charge is 2.06. The maximum absolute atomic E-state index is 3.48. The number of hydrogen-bond acceptors (Lipinski definition) is 2. The normalized spacial score (nSPS) is 12.6. The van der Waals surface area contributed by atoms with E-state index in [-0.39, 0.29) is 5.54 Å². The molecular formula is C11H15Br2NS. The summed E-state index contributed by atoms with van der Waals surface area (Å²) in [4.78, 5) is 1.25. The van der Waals surface area contributed by atoms with E-state index in [4.69, 9.17) is 0 Å². The van der Waals surface area contributed by atoms with Crippen molar-refractivity contribution in [2.24, 2.45) is 0 Å². The average molecular weight is 353 g/mol. The van der Waals surface area contributed by atoms with Gasteiger partial charge in [0.2, 0.25) is 0 Å². The van der Waals surface area contributed by atoms with Crippen LogP contribution < -0.4 is 5.32 Å². The number of halogens is 2. The van der Waals surface area contributed by atoms with Crippen molar-refractivity contribution in [1.82, 2.24) is 5.32 Å². The highest BCUT2D eigenvalue weighted by Crippen LogP contribution is 2.32. The Bertz CT molecular complexity index is 330. The van der Waals surface area contributed by atoms with Gasteiger partial charge in [-0.2, -0.15) is 0 Å². The van der Waals surface area contributed by atoms with Crippen LogP contribution in [0.4, 0.5) is 0 Å². The first kappa shape index (κ1) is 13.4. The smallest absolute Gasteiger partial charge is 0.0846 e. The van der Waals surface area contributed by atoms with Gasteiger partial charge in [-0.3, -0.25) is 0 Å². The predicted octanol–water partition coefficient (Wildman–Crippen LogP) is 4.67. The van der Waals surface area contributed by atoms with Crippen molar-refractivity contribution in [3.05, 3.63) is 25.3 Å². The van der Waals surface area contributed by atoms with E-state index in [0.29, 0.717) is 0 Å². The Hall–Kier alpha value is 0.360. The quantitative estimate of drug-likeness (QED) is 0.833. The molecule has 1 N–H and O–H groups in total. The molecule has 0 aliphatic carbocycles. The minimum atomic E-state index is 0.182. The Morgan fingerprint density at radius 3 is 2.53 bits per heavy atom. The number of hydrogen-bond donors (Lipinski definition) is 1. The molecule has 0 fully saturated rings. The van der Waals surface area contributed by atoms with Crippen LogP contribution in [0, 0.1) is 0 Å². The molecule has 0 amide bonds. The van der Waals surface area contributed by atoms with Gasteiger partial charge >= 0.3 is 0 Å². The highest BCUT2D eigenvalue weighted by molar-refractivity contribution is 9.13. The van der Waals surface area contributed by atoms with Gasteiger partial charge in [0.25, 0.3) is 0 Å². The first-order valence-electron chi connectivity index (χ1n) is 4.75. The molecule has 1 aromatic rings. The Labute approximate surface area is 112 Å². The van der Waals surface area contributed by atoms with Gasteiger partial charge in [-0.25, -0.2) is 0 Å². The third-order valence-corrected chi connectivity index (χ3v) is 4.92. The van der Waals surface area contributed by atoms with Gasteiger partial charge in [0.1, 0.15) is 0 Å². The largest absolute Gasteiger partial charge is 0.309 e.